The first-order chi connectivity index (χ1) is 14.4. The van der Waals surface area contributed by atoms with Crippen LogP contribution in [0.4, 0.5) is 0 Å². The number of H-pyrrole nitrogens is 1. The predicted octanol–water partition coefficient (Wildman–Crippen LogP) is 4.75. The second-order valence-corrected chi connectivity index (χ2v) is 9.46. The van der Waals surface area contributed by atoms with Gasteiger partial charge in [0.1, 0.15) is 11.6 Å². The zero-order valence-corrected chi connectivity index (χ0v) is 18.3. The third kappa shape index (κ3) is 6.24. The minimum absolute atomic E-state index is 0.270. The molecule has 1 aromatic heterocycles. The number of sulfonamides is 1. The van der Waals surface area contributed by atoms with Crippen LogP contribution < -0.4 is 4.72 Å². The number of imidazole rings is 1. The quantitative estimate of drug-likeness (QED) is 0.432. The van der Waals surface area contributed by atoms with Crippen molar-refractivity contribution in [1.29, 1.82) is 0 Å². The van der Waals surface area contributed by atoms with Gasteiger partial charge in [-0.1, -0.05) is 56.2 Å². The number of aromatic amines is 1. The summed E-state index contributed by atoms with van der Waals surface area (Å²) < 4.78 is 26.4. The molecule has 6 nitrogen and oxygen atoms in total. The summed E-state index contributed by atoms with van der Waals surface area (Å²) in [4.78, 5) is 19.2. The van der Waals surface area contributed by atoms with Gasteiger partial charge in [-0.15, -0.1) is 0 Å². The third-order valence-electron chi connectivity index (χ3n) is 5.19. The van der Waals surface area contributed by atoms with Crippen LogP contribution >= 0.6 is 0 Å². The predicted molar refractivity (Wildman–Crippen MR) is 121 cm³/mol. The van der Waals surface area contributed by atoms with Crippen LogP contribution in [-0.4, -0.2) is 30.4 Å². The molecule has 30 heavy (non-hydrogen) atoms. The number of nitrogens with zero attached hydrogens (tertiary/aromatic N) is 1. The zero-order chi connectivity index (χ0) is 21.6. The maximum absolute atomic E-state index is 11.9. The number of Topliss-reactive ketones (excluding diaryl/α,β-unsaturated/α-hetero) is 1. The largest absolute Gasteiger partial charge is 0.341 e. The van der Waals surface area contributed by atoms with Crippen molar-refractivity contribution in [3.63, 3.8) is 0 Å². The Morgan fingerprint density at radius 2 is 1.87 bits per heavy atom. The average molecular weight is 428 g/mol. The van der Waals surface area contributed by atoms with Crippen LogP contribution in [0, 0.1) is 0 Å². The van der Waals surface area contributed by atoms with E-state index in [1.165, 1.54) is 5.39 Å². The lowest BCUT2D eigenvalue weighted by Gasteiger charge is -2.15. The molecule has 2 aromatic carbocycles. The number of ketones is 1. The number of carbonyl (C=O) groups excluding carboxylic acids is 1. The minimum Gasteiger partial charge on any atom is -0.341 e. The first-order valence-electron chi connectivity index (χ1n) is 10.4. The van der Waals surface area contributed by atoms with Crippen molar-refractivity contribution in [3.05, 3.63) is 54.5 Å². The zero-order valence-electron chi connectivity index (χ0n) is 17.5. The lowest BCUT2D eigenvalue weighted by atomic mass is 10.0. The van der Waals surface area contributed by atoms with E-state index in [1.807, 2.05) is 25.1 Å². The number of carbonyl (C=O) groups is 1. The van der Waals surface area contributed by atoms with Gasteiger partial charge in [0.25, 0.3) is 0 Å². The third-order valence-corrected chi connectivity index (χ3v) is 5.90. The van der Waals surface area contributed by atoms with Crippen LogP contribution in [0.25, 0.3) is 22.0 Å². The Bertz CT molecular complexity index is 1110. The molecule has 0 fully saturated rings. The van der Waals surface area contributed by atoms with Crippen LogP contribution in [0.5, 0.6) is 0 Å². The van der Waals surface area contributed by atoms with Crippen molar-refractivity contribution in [2.45, 2.75) is 51.5 Å². The van der Waals surface area contributed by atoms with Gasteiger partial charge in [-0.3, -0.25) is 4.79 Å². The maximum Gasteiger partial charge on any atom is 0.209 e. The van der Waals surface area contributed by atoms with Crippen molar-refractivity contribution in [2.24, 2.45) is 0 Å². The molecular weight excluding hydrogens is 398 g/mol. The van der Waals surface area contributed by atoms with Crippen molar-refractivity contribution in [3.8, 4) is 11.3 Å². The average Bonchev–Trinajstić information content (AvgIpc) is 3.21. The summed E-state index contributed by atoms with van der Waals surface area (Å²) in [5.74, 6) is 0.875. The number of aromatic nitrogens is 2. The second-order valence-electron chi connectivity index (χ2n) is 7.68. The Kier molecular flexibility index (Phi) is 7.39. The van der Waals surface area contributed by atoms with E-state index in [-0.39, 0.29) is 5.78 Å². The Labute approximate surface area is 178 Å². The highest BCUT2D eigenvalue weighted by atomic mass is 32.2. The topological polar surface area (TPSA) is 91.9 Å². The number of unbranched alkanes of at least 4 members (excludes halogenated alkanes) is 2. The molecule has 160 valence electrons. The monoisotopic (exact) mass is 427 g/mol. The number of benzene rings is 2. The molecule has 0 saturated carbocycles. The Balaban J connectivity index is 1.72. The van der Waals surface area contributed by atoms with E-state index >= 15 is 0 Å². The Hall–Kier alpha value is -2.51. The van der Waals surface area contributed by atoms with E-state index in [0.717, 1.165) is 42.2 Å². The first-order valence-corrected chi connectivity index (χ1v) is 12.3. The fraction of sp³-hybridized carbons (Fsp3) is 0.391. The molecule has 0 spiro atoms. The number of rotatable bonds is 11. The minimum atomic E-state index is -3.38. The molecule has 0 bridgehead atoms. The summed E-state index contributed by atoms with van der Waals surface area (Å²) in [6.07, 6.45) is 7.22. The van der Waals surface area contributed by atoms with Gasteiger partial charge < -0.3 is 4.98 Å². The van der Waals surface area contributed by atoms with E-state index in [9.17, 15) is 13.2 Å². The highest BCUT2D eigenvalue weighted by Crippen LogP contribution is 2.26. The van der Waals surface area contributed by atoms with Crippen molar-refractivity contribution in [2.75, 3.05) is 6.26 Å². The molecule has 3 rings (SSSR count). The van der Waals surface area contributed by atoms with Gasteiger partial charge in [-0.2, -0.15) is 0 Å². The van der Waals surface area contributed by atoms with Gasteiger partial charge in [0.15, 0.2) is 0 Å². The summed E-state index contributed by atoms with van der Waals surface area (Å²) >= 11 is 0. The molecule has 0 radical (unpaired) electrons. The van der Waals surface area contributed by atoms with E-state index in [0.29, 0.717) is 25.1 Å². The molecule has 0 unspecified atom stereocenters. The normalized spacial score (nSPS) is 12.9. The van der Waals surface area contributed by atoms with Crippen molar-refractivity contribution in [1.82, 2.24) is 14.7 Å². The van der Waals surface area contributed by atoms with Gasteiger partial charge in [0, 0.05) is 18.4 Å². The van der Waals surface area contributed by atoms with Gasteiger partial charge in [0.2, 0.25) is 10.0 Å². The van der Waals surface area contributed by atoms with E-state index < -0.39 is 16.1 Å². The fourth-order valence-electron chi connectivity index (χ4n) is 3.55. The SMILES string of the molecule is CCC(=O)CCCCC[C@H](NS(C)(=O)=O)c1ncc(-c2ccc3ccccc3c2)[nH]1. The maximum atomic E-state index is 11.9. The van der Waals surface area contributed by atoms with E-state index in [1.54, 1.807) is 6.20 Å². The Morgan fingerprint density at radius 1 is 1.10 bits per heavy atom. The summed E-state index contributed by atoms with van der Waals surface area (Å²) in [5, 5.41) is 2.30. The Morgan fingerprint density at radius 3 is 2.60 bits per heavy atom. The molecule has 1 heterocycles. The standard InChI is InChI=1S/C23H29N3O3S/c1-3-20(27)11-5-4-6-12-21(26-30(2,28)29)23-24-16-22(25-23)19-14-13-17-9-7-8-10-18(17)15-19/h7-10,13-16,21,26H,3-6,11-12H2,1-2H3,(H,24,25)/t21-/m0/s1. The van der Waals surface area contributed by atoms with Gasteiger partial charge in [-0.25, -0.2) is 18.1 Å². The van der Waals surface area contributed by atoms with Crippen LogP contribution in [0.1, 0.15) is 57.3 Å². The van der Waals surface area contributed by atoms with E-state index in [4.69, 9.17) is 0 Å². The number of fused-ring (bicyclic) bond motifs is 1. The molecule has 7 heteroatoms. The van der Waals surface area contributed by atoms with Gasteiger partial charge in [-0.05, 0) is 29.7 Å². The molecule has 3 aromatic rings. The molecule has 0 aliphatic heterocycles. The number of nitrogens with one attached hydrogen (secondary N) is 2. The molecule has 0 amide bonds. The highest BCUT2D eigenvalue weighted by Gasteiger charge is 2.19. The molecular formula is C23H29N3O3S. The summed E-state index contributed by atoms with van der Waals surface area (Å²) in [6.45, 7) is 1.87. The lowest BCUT2D eigenvalue weighted by Crippen LogP contribution is -2.28. The smallest absolute Gasteiger partial charge is 0.209 e. The number of hydrogen-bond acceptors (Lipinski definition) is 4. The van der Waals surface area contributed by atoms with Gasteiger partial charge >= 0.3 is 0 Å². The number of hydrogen-bond donors (Lipinski definition) is 2. The van der Waals surface area contributed by atoms with Crippen molar-refractivity contribution < 1.29 is 13.2 Å². The van der Waals surface area contributed by atoms with E-state index in [2.05, 4.69) is 39.0 Å². The lowest BCUT2D eigenvalue weighted by molar-refractivity contribution is -0.118. The molecule has 0 saturated heterocycles. The summed E-state index contributed by atoms with van der Waals surface area (Å²) in [5.41, 5.74) is 1.85. The van der Waals surface area contributed by atoms with Crippen LogP contribution in [-0.2, 0) is 14.8 Å². The van der Waals surface area contributed by atoms with Crippen LogP contribution in [0.15, 0.2) is 48.7 Å². The van der Waals surface area contributed by atoms with Crippen molar-refractivity contribution >= 4 is 26.6 Å². The molecule has 0 aliphatic rings. The molecule has 0 aliphatic carbocycles. The van der Waals surface area contributed by atoms with Gasteiger partial charge in [0.05, 0.1) is 24.2 Å². The second kappa shape index (κ2) is 10.00. The highest BCUT2D eigenvalue weighted by molar-refractivity contribution is 7.88. The van der Waals surface area contributed by atoms with Crippen LogP contribution in [0.2, 0.25) is 0 Å². The molecule has 2 N–H and O–H groups in total. The van der Waals surface area contributed by atoms with Crippen LogP contribution in [0.3, 0.4) is 0 Å². The summed E-state index contributed by atoms with van der Waals surface area (Å²) in [6, 6.07) is 13.9. The summed E-state index contributed by atoms with van der Waals surface area (Å²) in [7, 11) is -3.38. The molecule has 1 atom stereocenters. The fourth-order valence-corrected chi connectivity index (χ4v) is 4.30. The first kappa shape index (κ1) is 22.2.